The van der Waals surface area contributed by atoms with Gasteiger partial charge in [-0.3, -0.25) is 9.79 Å². The van der Waals surface area contributed by atoms with Gasteiger partial charge in [0.15, 0.2) is 23.7 Å². The second-order valence-electron chi connectivity index (χ2n) is 12.9. The molecule has 9 N–H and O–H groups in total. The molecule has 1 aromatic rings. The first kappa shape index (κ1) is 34.8. The summed E-state index contributed by atoms with van der Waals surface area (Å²) < 4.78 is 12.2. The van der Waals surface area contributed by atoms with Gasteiger partial charge in [-0.25, -0.2) is 0 Å². The van der Waals surface area contributed by atoms with Gasteiger partial charge in [0, 0.05) is 50.4 Å². The fraction of sp³-hybridized carbons (Fsp3) is 0.697. The lowest BCUT2D eigenvalue weighted by Gasteiger charge is -2.37. The van der Waals surface area contributed by atoms with Crippen LogP contribution in [0.4, 0.5) is 0 Å². The van der Waals surface area contributed by atoms with E-state index >= 15 is 0 Å². The Morgan fingerprint density at radius 3 is 2.71 bits per heavy atom. The zero-order valence-corrected chi connectivity index (χ0v) is 26.5. The maximum Gasteiger partial charge on any atom is 0.302 e. The van der Waals surface area contributed by atoms with Crippen LogP contribution in [0.3, 0.4) is 0 Å². The lowest BCUT2D eigenvalue weighted by Crippen LogP contribution is -2.47. The van der Waals surface area contributed by atoms with Gasteiger partial charge in [-0.15, -0.1) is 0 Å². The number of aliphatic hydroxyl groups is 4. The zero-order chi connectivity index (χ0) is 32.7. The lowest BCUT2D eigenvalue weighted by molar-refractivity contribution is -0.152. The van der Waals surface area contributed by atoms with E-state index in [4.69, 9.17) is 15.2 Å². The van der Waals surface area contributed by atoms with Crippen LogP contribution in [0.2, 0.25) is 0 Å². The largest absolute Gasteiger partial charge is 0.504 e. The molecule has 1 aliphatic carbocycles. The Balaban J connectivity index is 1.88. The van der Waals surface area contributed by atoms with Crippen molar-refractivity contribution in [3.63, 3.8) is 0 Å². The number of carbonyl (C=O) groups excluding carboxylic acids is 1. The number of nitrogens with one attached hydrogen (secondary N) is 2. The molecule has 0 radical (unpaired) electrons. The first-order valence-electron chi connectivity index (χ1n) is 16.0. The van der Waals surface area contributed by atoms with Crippen molar-refractivity contribution in [2.75, 3.05) is 20.1 Å². The number of fused-ring (bicyclic) bond motifs is 5. The number of nitrogens with two attached hydrogens (primary N) is 1. The Morgan fingerprint density at radius 2 is 2.02 bits per heavy atom. The number of phenolic OH excluding ortho intramolecular Hbond substituents is 1. The second-order valence-corrected chi connectivity index (χ2v) is 12.9. The number of aromatic hydroxyl groups is 1. The summed E-state index contributed by atoms with van der Waals surface area (Å²) in [4.78, 5) is 16.4. The number of guanidine groups is 1. The first-order valence-corrected chi connectivity index (χ1v) is 16.0. The SMILES string of the molecule is CN=C(N)NCC1(C(C)O)C#CC2CCCC3CC(CCN3)Oc3cc(c(C(O)O)cc3O)CC2C(OC(C)=O)CC(O)CC1. The molecule has 0 saturated carbocycles. The molecule has 0 aromatic heterocycles. The van der Waals surface area contributed by atoms with Crippen molar-refractivity contribution in [1.29, 1.82) is 0 Å². The smallest absolute Gasteiger partial charge is 0.302 e. The second kappa shape index (κ2) is 15.5. The molecule has 4 bridgehead atoms. The van der Waals surface area contributed by atoms with Crippen LogP contribution in [-0.4, -0.2) is 88.1 Å². The van der Waals surface area contributed by atoms with Crippen molar-refractivity contribution < 1.29 is 39.8 Å². The molecule has 2 aliphatic heterocycles. The molecule has 0 amide bonds. The van der Waals surface area contributed by atoms with E-state index in [1.54, 1.807) is 20.0 Å². The fourth-order valence-electron chi connectivity index (χ4n) is 6.93. The molecule has 0 spiro atoms. The molecule has 12 heteroatoms. The van der Waals surface area contributed by atoms with Crippen LogP contribution in [0, 0.1) is 29.1 Å². The highest BCUT2D eigenvalue weighted by atomic mass is 16.5. The van der Waals surface area contributed by atoms with Gasteiger partial charge in [0.2, 0.25) is 0 Å². The summed E-state index contributed by atoms with van der Waals surface area (Å²) in [6.45, 7) is 3.99. The number of hydrogen-bond acceptors (Lipinski definition) is 10. The monoisotopic (exact) mass is 630 g/mol. The number of phenols is 1. The average Bonchev–Trinajstić information content (AvgIpc) is 2.99. The van der Waals surface area contributed by atoms with Crippen LogP contribution < -0.4 is 21.1 Å². The third-order valence-electron chi connectivity index (χ3n) is 9.63. The highest BCUT2D eigenvalue weighted by Crippen LogP contribution is 2.40. The van der Waals surface area contributed by atoms with Crippen molar-refractivity contribution in [3.05, 3.63) is 23.3 Å². The van der Waals surface area contributed by atoms with Crippen molar-refractivity contribution in [2.24, 2.45) is 28.0 Å². The fourth-order valence-corrected chi connectivity index (χ4v) is 6.93. The predicted molar refractivity (Wildman–Crippen MR) is 168 cm³/mol. The van der Waals surface area contributed by atoms with Gasteiger partial charge in [-0.2, -0.15) is 0 Å². The number of aliphatic hydroxyl groups excluding tert-OH is 3. The van der Waals surface area contributed by atoms with Crippen molar-refractivity contribution in [1.82, 2.24) is 10.6 Å². The number of rotatable bonds is 5. The van der Waals surface area contributed by atoms with Crippen LogP contribution in [-0.2, 0) is 16.0 Å². The molecular formula is C33H50N4O8. The molecule has 2 heterocycles. The quantitative estimate of drug-likeness (QED) is 0.0765. The standard InChI is InChI=1S/C33H50N4O8/c1-19(38)33(18-37-32(34)35-3)10-7-21-5-4-6-23-15-25(9-12-36-23)45-30-14-22(27(31(42)43)17-28(30)41)13-26(21)29(44-20(2)39)16-24(40)8-11-33/h14,17,19,21,23-26,29,31,36,38,40-43H,4-6,8-9,11-13,15-16,18H2,1-3H3,(H3,34,35,37). The van der Waals surface area contributed by atoms with E-state index in [9.17, 15) is 30.3 Å². The molecule has 1 aromatic carbocycles. The summed E-state index contributed by atoms with van der Waals surface area (Å²) >= 11 is 0. The molecule has 45 heavy (non-hydrogen) atoms. The third kappa shape index (κ3) is 9.01. The third-order valence-corrected chi connectivity index (χ3v) is 9.63. The molecule has 8 unspecified atom stereocenters. The van der Waals surface area contributed by atoms with Crippen molar-refractivity contribution in [2.45, 2.75) is 108 Å². The summed E-state index contributed by atoms with van der Waals surface area (Å²) in [5, 5.41) is 60.4. The number of carbonyl (C=O) groups is 1. The van der Waals surface area contributed by atoms with E-state index < -0.39 is 41.9 Å². The summed E-state index contributed by atoms with van der Waals surface area (Å²) in [7, 11) is 1.56. The van der Waals surface area contributed by atoms with Crippen LogP contribution >= 0.6 is 0 Å². The van der Waals surface area contributed by atoms with Crippen LogP contribution in [0.5, 0.6) is 11.5 Å². The highest BCUT2D eigenvalue weighted by Gasteiger charge is 2.39. The minimum atomic E-state index is -1.87. The van der Waals surface area contributed by atoms with E-state index in [1.807, 2.05) is 0 Å². The van der Waals surface area contributed by atoms with E-state index in [2.05, 4.69) is 27.5 Å². The van der Waals surface area contributed by atoms with E-state index in [0.29, 0.717) is 18.4 Å². The summed E-state index contributed by atoms with van der Waals surface area (Å²) in [6.07, 6.45) is 0.299. The van der Waals surface area contributed by atoms with Gasteiger partial charge >= 0.3 is 5.97 Å². The van der Waals surface area contributed by atoms with Crippen LogP contribution in [0.1, 0.15) is 82.6 Å². The molecule has 1 fully saturated rings. The maximum absolute atomic E-state index is 12.4. The van der Waals surface area contributed by atoms with Gasteiger partial charge in [-0.1, -0.05) is 18.3 Å². The Bertz CT molecular complexity index is 1260. The van der Waals surface area contributed by atoms with Gasteiger partial charge in [0.25, 0.3) is 0 Å². The van der Waals surface area contributed by atoms with Gasteiger partial charge in [-0.05, 0) is 76.1 Å². The number of ether oxygens (including phenoxy) is 2. The number of esters is 1. The molecule has 12 nitrogen and oxygen atoms in total. The highest BCUT2D eigenvalue weighted by molar-refractivity contribution is 5.77. The molecular weight excluding hydrogens is 580 g/mol. The normalized spacial score (nSPS) is 31.8. The number of hydrogen-bond donors (Lipinski definition) is 8. The lowest BCUT2D eigenvalue weighted by atomic mass is 9.72. The summed E-state index contributed by atoms with van der Waals surface area (Å²) in [5.41, 5.74) is 5.61. The maximum atomic E-state index is 12.4. The van der Waals surface area contributed by atoms with E-state index in [-0.39, 0.29) is 66.9 Å². The van der Waals surface area contributed by atoms with Crippen LogP contribution in [0.25, 0.3) is 0 Å². The number of nitrogens with zero attached hydrogens (tertiary/aromatic N) is 1. The number of benzene rings is 1. The predicted octanol–water partition coefficient (Wildman–Crippen LogP) is 1.21. The minimum Gasteiger partial charge on any atom is -0.504 e. The summed E-state index contributed by atoms with van der Waals surface area (Å²) in [6, 6.07) is 3.15. The Kier molecular flexibility index (Phi) is 12.0. The van der Waals surface area contributed by atoms with Crippen molar-refractivity contribution >= 4 is 11.9 Å². The molecule has 3 aliphatic rings. The Labute approximate surface area is 265 Å². The number of piperidine rings is 1. The Hall–Kier alpha value is -3.08. The summed E-state index contributed by atoms with van der Waals surface area (Å²) in [5.74, 6) is 5.82. The van der Waals surface area contributed by atoms with Gasteiger partial charge in [0.1, 0.15) is 12.2 Å². The number of aliphatic imine (C=N–C) groups is 1. The van der Waals surface area contributed by atoms with Gasteiger partial charge < -0.3 is 51.4 Å². The van der Waals surface area contributed by atoms with E-state index in [0.717, 1.165) is 32.2 Å². The van der Waals surface area contributed by atoms with Gasteiger partial charge in [0.05, 0.1) is 17.6 Å². The first-order chi connectivity index (χ1) is 21.4. The van der Waals surface area contributed by atoms with Crippen molar-refractivity contribution in [3.8, 4) is 23.3 Å². The molecule has 1 saturated heterocycles. The molecule has 250 valence electrons. The topological polar surface area (TPSA) is 199 Å². The van der Waals surface area contributed by atoms with E-state index in [1.165, 1.54) is 13.0 Å². The molecule has 4 rings (SSSR count). The zero-order valence-electron chi connectivity index (χ0n) is 26.5. The minimum absolute atomic E-state index is 0.112. The Morgan fingerprint density at radius 1 is 1.24 bits per heavy atom. The average molecular weight is 631 g/mol. The van der Waals surface area contributed by atoms with Crippen LogP contribution in [0.15, 0.2) is 17.1 Å². The molecule has 8 atom stereocenters.